The first kappa shape index (κ1) is 17.2. The second-order valence-electron chi connectivity index (χ2n) is 8.56. The van der Waals surface area contributed by atoms with E-state index in [1.54, 1.807) is 0 Å². The Balaban J connectivity index is 1.18. The van der Waals surface area contributed by atoms with Crippen LogP contribution in [0, 0.1) is 23.2 Å². The Bertz CT molecular complexity index is 785. The minimum Gasteiger partial charge on any atom is -0.493 e. The van der Waals surface area contributed by atoms with Crippen LogP contribution in [0.4, 0.5) is 5.13 Å². The van der Waals surface area contributed by atoms with Gasteiger partial charge in [-0.05, 0) is 68.4 Å². The molecule has 1 N–H and O–H groups in total. The fourth-order valence-corrected chi connectivity index (χ4v) is 6.51. The highest BCUT2D eigenvalue weighted by molar-refractivity contribution is 7.15. The number of carbonyl (C=O) groups excluding carboxylic acids is 1. The molecular formula is C21H25N3O2S. The van der Waals surface area contributed by atoms with Crippen LogP contribution < -0.4 is 10.1 Å². The highest BCUT2D eigenvalue weighted by Gasteiger charge is 2.54. The normalized spacial score (nSPS) is 31.0. The van der Waals surface area contributed by atoms with Crippen molar-refractivity contribution in [3.05, 3.63) is 35.3 Å². The van der Waals surface area contributed by atoms with E-state index in [9.17, 15) is 4.79 Å². The number of rotatable bonds is 6. The van der Waals surface area contributed by atoms with E-state index in [1.807, 2.05) is 30.3 Å². The molecule has 1 amide bonds. The van der Waals surface area contributed by atoms with Gasteiger partial charge in [0.2, 0.25) is 11.0 Å². The SMILES string of the molecule is O=C(Nc1nnc(CCOc2ccccc2)s1)C12CC3CC(CC(C3)C1)C2. The number of nitrogens with zero attached hydrogens (tertiary/aromatic N) is 2. The van der Waals surface area contributed by atoms with Gasteiger partial charge in [0.25, 0.3) is 0 Å². The summed E-state index contributed by atoms with van der Waals surface area (Å²) in [5.41, 5.74) is -0.142. The molecule has 2 aromatic rings. The summed E-state index contributed by atoms with van der Waals surface area (Å²) >= 11 is 1.47. The lowest BCUT2D eigenvalue weighted by Crippen LogP contribution is -2.51. The average molecular weight is 384 g/mol. The van der Waals surface area contributed by atoms with Gasteiger partial charge in [-0.15, -0.1) is 10.2 Å². The predicted molar refractivity (Wildman–Crippen MR) is 105 cm³/mol. The van der Waals surface area contributed by atoms with Gasteiger partial charge in [0.05, 0.1) is 12.0 Å². The molecule has 0 spiro atoms. The quantitative estimate of drug-likeness (QED) is 0.807. The van der Waals surface area contributed by atoms with Crippen molar-refractivity contribution in [2.24, 2.45) is 23.2 Å². The Hall–Kier alpha value is -1.95. The highest BCUT2D eigenvalue weighted by Crippen LogP contribution is 2.60. The number of para-hydroxylation sites is 1. The smallest absolute Gasteiger partial charge is 0.232 e. The van der Waals surface area contributed by atoms with Gasteiger partial charge in [0, 0.05) is 6.42 Å². The molecule has 0 atom stereocenters. The Labute approximate surface area is 163 Å². The highest BCUT2D eigenvalue weighted by atomic mass is 32.1. The standard InChI is InChI=1S/C21H25N3O2S/c25-19(21-11-14-8-15(12-21)10-16(9-14)13-21)22-20-24-23-18(27-20)6-7-26-17-4-2-1-3-5-17/h1-5,14-16H,6-13H2,(H,22,24,25). The van der Waals surface area contributed by atoms with Gasteiger partial charge in [-0.25, -0.2) is 0 Å². The Morgan fingerprint density at radius 1 is 1.07 bits per heavy atom. The largest absolute Gasteiger partial charge is 0.493 e. The molecule has 4 aliphatic carbocycles. The van der Waals surface area contributed by atoms with E-state index in [1.165, 1.54) is 30.6 Å². The van der Waals surface area contributed by atoms with E-state index in [2.05, 4.69) is 15.5 Å². The van der Waals surface area contributed by atoms with Crippen LogP contribution in [0.3, 0.4) is 0 Å². The summed E-state index contributed by atoms with van der Waals surface area (Å²) in [6.07, 6.45) is 7.94. The lowest BCUT2D eigenvalue weighted by atomic mass is 9.49. The molecule has 0 saturated heterocycles. The Morgan fingerprint density at radius 3 is 2.41 bits per heavy atom. The first-order chi connectivity index (χ1) is 13.2. The number of carbonyl (C=O) groups is 1. The van der Waals surface area contributed by atoms with Crippen molar-refractivity contribution in [1.29, 1.82) is 0 Å². The van der Waals surface area contributed by atoms with Crippen LogP contribution in [-0.4, -0.2) is 22.7 Å². The molecule has 0 unspecified atom stereocenters. The topological polar surface area (TPSA) is 64.1 Å². The molecule has 142 valence electrons. The van der Waals surface area contributed by atoms with Gasteiger partial charge >= 0.3 is 0 Å². The molecule has 4 saturated carbocycles. The molecular weight excluding hydrogens is 358 g/mol. The fourth-order valence-electron chi connectivity index (χ4n) is 5.80. The Kier molecular flexibility index (Phi) is 4.38. The van der Waals surface area contributed by atoms with Gasteiger partial charge in [0.1, 0.15) is 10.8 Å². The van der Waals surface area contributed by atoms with Gasteiger partial charge in [-0.2, -0.15) is 0 Å². The van der Waals surface area contributed by atoms with Crippen molar-refractivity contribution in [2.45, 2.75) is 44.9 Å². The predicted octanol–water partition coefficient (Wildman–Crippen LogP) is 4.31. The number of benzene rings is 1. The fraction of sp³-hybridized carbons (Fsp3) is 0.571. The van der Waals surface area contributed by atoms with Crippen molar-refractivity contribution < 1.29 is 9.53 Å². The van der Waals surface area contributed by atoms with Crippen molar-refractivity contribution in [2.75, 3.05) is 11.9 Å². The van der Waals surface area contributed by atoms with E-state index < -0.39 is 0 Å². The molecule has 4 bridgehead atoms. The summed E-state index contributed by atoms with van der Waals surface area (Å²) in [4.78, 5) is 13.1. The molecule has 4 aliphatic rings. The first-order valence-electron chi connectivity index (χ1n) is 10.0. The molecule has 1 aromatic heterocycles. The second-order valence-corrected chi connectivity index (χ2v) is 9.63. The maximum absolute atomic E-state index is 13.1. The minimum absolute atomic E-state index is 0.142. The third kappa shape index (κ3) is 3.47. The number of hydrogen-bond acceptors (Lipinski definition) is 5. The Morgan fingerprint density at radius 2 is 1.74 bits per heavy atom. The van der Waals surface area contributed by atoms with Gasteiger partial charge in [-0.1, -0.05) is 29.5 Å². The molecule has 5 nitrogen and oxygen atoms in total. The minimum atomic E-state index is -0.142. The van der Waals surface area contributed by atoms with Crippen LogP contribution in [0.2, 0.25) is 0 Å². The van der Waals surface area contributed by atoms with Crippen LogP contribution in [0.15, 0.2) is 30.3 Å². The third-order valence-corrected chi connectivity index (χ3v) is 7.43. The van der Waals surface area contributed by atoms with E-state index in [0.29, 0.717) is 18.2 Å². The lowest BCUT2D eigenvalue weighted by molar-refractivity contribution is -0.140. The summed E-state index contributed by atoms with van der Waals surface area (Å²) < 4.78 is 5.72. The zero-order valence-electron chi connectivity index (χ0n) is 15.4. The summed E-state index contributed by atoms with van der Waals surface area (Å²) in [5.74, 6) is 3.34. The van der Waals surface area contributed by atoms with Crippen LogP contribution >= 0.6 is 11.3 Å². The number of ether oxygens (including phenoxy) is 1. The van der Waals surface area contributed by atoms with E-state index in [0.717, 1.165) is 47.8 Å². The van der Waals surface area contributed by atoms with Crippen molar-refractivity contribution in [3.63, 3.8) is 0 Å². The maximum Gasteiger partial charge on any atom is 0.232 e. The van der Waals surface area contributed by atoms with E-state index >= 15 is 0 Å². The number of nitrogens with one attached hydrogen (secondary N) is 1. The van der Waals surface area contributed by atoms with Crippen LogP contribution in [0.1, 0.15) is 43.5 Å². The first-order valence-corrected chi connectivity index (χ1v) is 10.8. The zero-order valence-corrected chi connectivity index (χ0v) is 16.2. The van der Waals surface area contributed by atoms with Crippen molar-refractivity contribution >= 4 is 22.4 Å². The molecule has 6 rings (SSSR count). The molecule has 4 fully saturated rings. The lowest BCUT2D eigenvalue weighted by Gasteiger charge is -2.55. The van der Waals surface area contributed by atoms with Gasteiger partial charge in [-0.3, -0.25) is 4.79 Å². The molecule has 6 heteroatoms. The van der Waals surface area contributed by atoms with Crippen LogP contribution in [0.25, 0.3) is 0 Å². The molecule has 27 heavy (non-hydrogen) atoms. The van der Waals surface area contributed by atoms with Crippen molar-refractivity contribution in [3.8, 4) is 5.75 Å². The summed E-state index contributed by atoms with van der Waals surface area (Å²) in [6.45, 7) is 0.557. The molecule has 1 heterocycles. The summed E-state index contributed by atoms with van der Waals surface area (Å²) in [6, 6.07) is 9.77. The van der Waals surface area contributed by atoms with E-state index in [-0.39, 0.29) is 11.3 Å². The van der Waals surface area contributed by atoms with Gasteiger partial charge in [0.15, 0.2) is 0 Å². The molecule has 1 aromatic carbocycles. The monoisotopic (exact) mass is 383 g/mol. The number of anilines is 1. The van der Waals surface area contributed by atoms with Crippen molar-refractivity contribution in [1.82, 2.24) is 10.2 Å². The number of aromatic nitrogens is 2. The average Bonchev–Trinajstić information content (AvgIpc) is 3.09. The van der Waals surface area contributed by atoms with Gasteiger partial charge < -0.3 is 10.1 Å². The maximum atomic E-state index is 13.1. The third-order valence-electron chi connectivity index (χ3n) is 6.54. The molecule has 0 radical (unpaired) electrons. The van der Waals surface area contributed by atoms with Crippen LogP contribution in [-0.2, 0) is 11.2 Å². The zero-order chi connectivity index (χ0) is 18.3. The summed E-state index contributed by atoms with van der Waals surface area (Å²) in [7, 11) is 0. The number of amides is 1. The van der Waals surface area contributed by atoms with E-state index in [4.69, 9.17) is 4.74 Å². The number of hydrogen-bond donors (Lipinski definition) is 1. The second kappa shape index (κ2) is 6.89. The summed E-state index contributed by atoms with van der Waals surface area (Å²) in [5, 5.41) is 13.0. The molecule has 0 aliphatic heterocycles. The van der Waals surface area contributed by atoms with Crippen LogP contribution in [0.5, 0.6) is 5.75 Å².